The van der Waals surface area contributed by atoms with E-state index in [1.807, 2.05) is 0 Å². The summed E-state index contributed by atoms with van der Waals surface area (Å²) in [7, 11) is 0. The molecule has 6 heteroatoms. The summed E-state index contributed by atoms with van der Waals surface area (Å²) in [5, 5.41) is 14.6. The van der Waals surface area contributed by atoms with Gasteiger partial charge in [-0.15, -0.1) is 0 Å². The van der Waals surface area contributed by atoms with E-state index in [0.29, 0.717) is 25.3 Å². The van der Waals surface area contributed by atoms with Crippen LogP contribution in [0.4, 0.5) is 0 Å². The van der Waals surface area contributed by atoms with Gasteiger partial charge in [0.2, 0.25) is 5.76 Å². The highest BCUT2D eigenvalue weighted by molar-refractivity contribution is 5.92. The van der Waals surface area contributed by atoms with Gasteiger partial charge in [-0.1, -0.05) is 0 Å². The largest absolute Gasteiger partial charge is 0.438 e. The van der Waals surface area contributed by atoms with Crippen LogP contribution in [0, 0.1) is 6.92 Å². The first-order valence-electron chi connectivity index (χ1n) is 5.18. The quantitative estimate of drug-likeness (QED) is 0.580. The smallest absolute Gasteiger partial charge is 0.289 e. The lowest BCUT2D eigenvalue weighted by Gasteiger charge is -2.07. The van der Waals surface area contributed by atoms with Crippen LogP contribution < -0.4 is 10.6 Å². The molecular formula is C10H17N3O3. The molecule has 0 fully saturated rings. The Morgan fingerprint density at radius 1 is 1.62 bits per heavy atom. The van der Waals surface area contributed by atoms with Crippen LogP contribution in [0.1, 0.15) is 23.2 Å². The van der Waals surface area contributed by atoms with E-state index in [-0.39, 0.29) is 17.8 Å². The first kappa shape index (κ1) is 12.7. The molecule has 0 spiro atoms. The minimum Gasteiger partial charge on any atom is -0.438 e. The number of hydrogen-bond acceptors (Lipinski definition) is 5. The van der Waals surface area contributed by atoms with Gasteiger partial charge in [-0.2, -0.15) is 0 Å². The molecular weight excluding hydrogens is 210 g/mol. The van der Waals surface area contributed by atoms with Gasteiger partial charge in [0, 0.05) is 19.6 Å². The summed E-state index contributed by atoms with van der Waals surface area (Å²) in [6, 6.07) is 0. The molecule has 6 nitrogen and oxygen atoms in total. The van der Waals surface area contributed by atoms with Crippen LogP contribution in [-0.2, 0) is 0 Å². The Bertz CT molecular complexity index is 336. The number of hydrogen-bond donors (Lipinski definition) is 3. The van der Waals surface area contributed by atoms with Crippen molar-refractivity contribution in [3.05, 3.63) is 17.8 Å². The molecule has 0 saturated heterocycles. The second-order valence-corrected chi connectivity index (χ2v) is 3.58. The summed E-state index contributed by atoms with van der Waals surface area (Å²) in [5.41, 5.74) is 0.578. The van der Waals surface area contributed by atoms with Crippen LogP contribution >= 0.6 is 0 Å². The Labute approximate surface area is 94.1 Å². The second-order valence-electron chi connectivity index (χ2n) is 3.58. The number of carbonyl (C=O) groups excluding carboxylic acids is 1. The topological polar surface area (TPSA) is 87.4 Å². The van der Waals surface area contributed by atoms with Gasteiger partial charge in [0.25, 0.3) is 5.91 Å². The van der Waals surface area contributed by atoms with Gasteiger partial charge in [-0.3, -0.25) is 4.79 Å². The van der Waals surface area contributed by atoms with Crippen molar-refractivity contribution in [1.82, 2.24) is 15.6 Å². The fourth-order valence-corrected chi connectivity index (χ4v) is 1.18. The number of aliphatic hydroxyl groups excluding tert-OH is 1. The van der Waals surface area contributed by atoms with E-state index in [9.17, 15) is 4.79 Å². The average Bonchev–Trinajstić information content (AvgIpc) is 2.63. The zero-order chi connectivity index (χ0) is 12.0. The third-order valence-electron chi connectivity index (χ3n) is 1.98. The molecule has 1 amide bonds. The van der Waals surface area contributed by atoms with Crippen molar-refractivity contribution in [1.29, 1.82) is 0 Å². The maximum Gasteiger partial charge on any atom is 0.289 e. The maximum atomic E-state index is 11.5. The van der Waals surface area contributed by atoms with Crippen molar-refractivity contribution in [3.8, 4) is 0 Å². The summed E-state index contributed by atoms with van der Waals surface area (Å²) in [6.45, 7) is 5.00. The molecule has 1 aromatic rings. The number of carbonyl (C=O) groups is 1. The van der Waals surface area contributed by atoms with Crippen LogP contribution in [0.2, 0.25) is 0 Å². The molecule has 1 atom stereocenters. The van der Waals surface area contributed by atoms with Crippen molar-refractivity contribution >= 4 is 5.91 Å². The van der Waals surface area contributed by atoms with Gasteiger partial charge in [0.05, 0.1) is 11.8 Å². The predicted molar refractivity (Wildman–Crippen MR) is 58.1 cm³/mol. The Morgan fingerprint density at radius 3 is 2.94 bits per heavy atom. The molecule has 0 saturated carbocycles. The van der Waals surface area contributed by atoms with Crippen molar-refractivity contribution in [3.63, 3.8) is 0 Å². The highest BCUT2D eigenvalue weighted by Gasteiger charge is 2.12. The summed E-state index contributed by atoms with van der Waals surface area (Å²) in [5.74, 6) is -0.0237. The van der Waals surface area contributed by atoms with Gasteiger partial charge in [0.1, 0.15) is 0 Å². The Balaban J connectivity index is 2.19. The molecule has 90 valence electrons. The van der Waals surface area contributed by atoms with Crippen LogP contribution in [0.5, 0.6) is 0 Å². The summed E-state index contributed by atoms with van der Waals surface area (Å²) >= 11 is 0. The fourth-order valence-electron chi connectivity index (χ4n) is 1.18. The number of nitrogens with one attached hydrogen (secondary N) is 2. The van der Waals surface area contributed by atoms with Crippen molar-refractivity contribution < 1.29 is 14.3 Å². The summed E-state index contributed by atoms with van der Waals surface area (Å²) < 4.78 is 4.94. The molecule has 0 aliphatic heterocycles. The third kappa shape index (κ3) is 4.00. The van der Waals surface area contributed by atoms with Crippen LogP contribution in [0.15, 0.2) is 10.8 Å². The molecule has 0 aliphatic rings. The Hall–Kier alpha value is -1.40. The van der Waals surface area contributed by atoms with E-state index in [0.717, 1.165) is 0 Å². The van der Waals surface area contributed by atoms with E-state index in [2.05, 4.69) is 15.6 Å². The van der Waals surface area contributed by atoms with Crippen LogP contribution in [0.3, 0.4) is 0 Å². The van der Waals surface area contributed by atoms with E-state index in [1.165, 1.54) is 6.39 Å². The molecule has 1 unspecified atom stereocenters. The zero-order valence-electron chi connectivity index (χ0n) is 9.49. The lowest BCUT2D eigenvalue weighted by Crippen LogP contribution is -2.34. The van der Waals surface area contributed by atoms with E-state index >= 15 is 0 Å². The number of oxazole rings is 1. The first-order chi connectivity index (χ1) is 7.61. The number of aromatic nitrogens is 1. The Morgan fingerprint density at radius 2 is 2.38 bits per heavy atom. The molecule has 0 radical (unpaired) electrons. The summed E-state index contributed by atoms with van der Waals surface area (Å²) in [6.07, 6.45) is 0.864. The molecule has 0 bridgehead atoms. The van der Waals surface area contributed by atoms with Crippen LogP contribution in [0.25, 0.3) is 0 Å². The zero-order valence-corrected chi connectivity index (χ0v) is 9.49. The highest BCUT2D eigenvalue weighted by atomic mass is 16.3. The molecule has 1 rings (SSSR count). The van der Waals surface area contributed by atoms with Crippen LogP contribution in [-0.4, -0.2) is 41.7 Å². The third-order valence-corrected chi connectivity index (χ3v) is 1.98. The molecule has 0 aliphatic carbocycles. The van der Waals surface area contributed by atoms with Gasteiger partial charge >= 0.3 is 0 Å². The molecule has 3 N–H and O–H groups in total. The first-order valence-corrected chi connectivity index (χ1v) is 5.18. The summed E-state index contributed by atoms with van der Waals surface area (Å²) in [4.78, 5) is 15.3. The van der Waals surface area contributed by atoms with Gasteiger partial charge in [0.15, 0.2) is 6.39 Å². The standard InChI is InChI=1S/C10H17N3O3/c1-7(14)5-11-3-4-12-10(15)9-8(2)13-6-16-9/h6-7,11,14H,3-5H2,1-2H3,(H,12,15). The minimum absolute atomic E-state index is 0.246. The number of rotatable bonds is 6. The number of aliphatic hydroxyl groups is 1. The Kier molecular flexibility index (Phi) is 4.94. The molecule has 16 heavy (non-hydrogen) atoms. The van der Waals surface area contributed by atoms with Gasteiger partial charge in [-0.05, 0) is 13.8 Å². The normalized spacial score (nSPS) is 12.4. The van der Waals surface area contributed by atoms with Gasteiger partial charge < -0.3 is 20.2 Å². The molecule has 1 heterocycles. The van der Waals surface area contributed by atoms with Crippen molar-refractivity contribution in [2.24, 2.45) is 0 Å². The number of aryl methyl sites for hydroxylation is 1. The SMILES string of the molecule is Cc1ncoc1C(=O)NCCNCC(C)O. The fraction of sp³-hybridized carbons (Fsp3) is 0.600. The van der Waals surface area contributed by atoms with E-state index < -0.39 is 0 Å². The molecule has 0 aromatic carbocycles. The highest BCUT2D eigenvalue weighted by Crippen LogP contribution is 2.03. The lowest BCUT2D eigenvalue weighted by molar-refractivity contribution is 0.0925. The van der Waals surface area contributed by atoms with E-state index in [1.54, 1.807) is 13.8 Å². The number of nitrogens with zero attached hydrogens (tertiary/aromatic N) is 1. The van der Waals surface area contributed by atoms with Crippen molar-refractivity contribution in [2.45, 2.75) is 20.0 Å². The number of amides is 1. The monoisotopic (exact) mass is 227 g/mol. The second kappa shape index (κ2) is 6.24. The van der Waals surface area contributed by atoms with E-state index in [4.69, 9.17) is 9.52 Å². The molecule has 1 aromatic heterocycles. The average molecular weight is 227 g/mol. The van der Waals surface area contributed by atoms with Crippen molar-refractivity contribution in [2.75, 3.05) is 19.6 Å². The minimum atomic E-state index is -0.382. The van der Waals surface area contributed by atoms with Gasteiger partial charge in [-0.25, -0.2) is 4.98 Å². The predicted octanol–water partition coefficient (Wildman–Crippen LogP) is -0.317. The maximum absolute atomic E-state index is 11.5. The lowest BCUT2D eigenvalue weighted by atomic mass is 10.3.